The van der Waals surface area contributed by atoms with Gasteiger partial charge in [0.15, 0.2) is 0 Å². The molecule has 0 heterocycles. The van der Waals surface area contributed by atoms with E-state index in [-0.39, 0.29) is 0 Å². The zero-order valence-electron chi connectivity index (χ0n) is 12.6. The highest BCUT2D eigenvalue weighted by Gasteiger charge is 2.22. The molecule has 0 bridgehead atoms. The van der Waals surface area contributed by atoms with Crippen LogP contribution in [0.2, 0.25) is 0 Å². The summed E-state index contributed by atoms with van der Waals surface area (Å²) in [7, 11) is 0. The van der Waals surface area contributed by atoms with Crippen LogP contribution in [-0.2, 0) is 0 Å². The lowest BCUT2D eigenvalue weighted by atomic mass is 9.82. The predicted octanol–water partition coefficient (Wildman–Crippen LogP) is 5.01. The highest BCUT2D eigenvalue weighted by atomic mass is 14.9. The predicted molar refractivity (Wildman–Crippen MR) is 83.4 cm³/mol. The summed E-state index contributed by atoms with van der Waals surface area (Å²) in [5.74, 6) is 0.821. The van der Waals surface area contributed by atoms with Crippen molar-refractivity contribution in [3.8, 4) is 0 Å². The molecule has 0 radical (unpaired) electrons. The molecule has 106 valence electrons. The molecule has 1 unspecified atom stereocenters. The second-order valence-electron chi connectivity index (χ2n) is 6.05. The molecule has 19 heavy (non-hydrogen) atoms. The van der Waals surface area contributed by atoms with E-state index in [1.165, 1.54) is 56.1 Å². The Hall–Kier alpha value is -0.820. The topological polar surface area (TPSA) is 12.0 Å². The zero-order valence-corrected chi connectivity index (χ0v) is 12.6. The quantitative estimate of drug-likeness (QED) is 0.801. The molecule has 1 aliphatic rings. The molecule has 1 aromatic rings. The molecule has 1 N–H and O–H groups in total. The summed E-state index contributed by atoms with van der Waals surface area (Å²) in [6.45, 7) is 5.49. The first-order chi connectivity index (χ1) is 9.31. The molecule has 1 aromatic carbocycles. The summed E-state index contributed by atoms with van der Waals surface area (Å²) >= 11 is 0. The van der Waals surface area contributed by atoms with Crippen LogP contribution < -0.4 is 5.32 Å². The number of nitrogens with one attached hydrogen (secondary N) is 1. The molecule has 2 rings (SSSR count). The van der Waals surface area contributed by atoms with Crippen LogP contribution in [0.3, 0.4) is 0 Å². The molecule has 1 fully saturated rings. The van der Waals surface area contributed by atoms with E-state index in [9.17, 15) is 0 Å². The molecule has 1 atom stereocenters. The Balaban J connectivity index is 2.13. The third-order valence-electron chi connectivity index (χ3n) is 4.45. The van der Waals surface area contributed by atoms with Crippen LogP contribution in [0.5, 0.6) is 0 Å². The molecular formula is C18H29N. The molecule has 1 nitrogen and oxygen atoms in total. The average molecular weight is 259 g/mol. The van der Waals surface area contributed by atoms with Crippen molar-refractivity contribution in [2.24, 2.45) is 5.92 Å². The fourth-order valence-corrected chi connectivity index (χ4v) is 3.46. The minimum atomic E-state index is 0.558. The minimum absolute atomic E-state index is 0.558. The Morgan fingerprint density at radius 1 is 1.11 bits per heavy atom. The first-order valence-electron chi connectivity index (χ1n) is 8.11. The third-order valence-corrected chi connectivity index (χ3v) is 4.45. The highest BCUT2D eigenvalue weighted by molar-refractivity contribution is 5.25. The number of benzene rings is 1. The van der Waals surface area contributed by atoms with Gasteiger partial charge < -0.3 is 5.32 Å². The highest BCUT2D eigenvalue weighted by Crippen LogP contribution is 2.33. The average Bonchev–Trinajstić information content (AvgIpc) is 2.36. The standard InChI is InChI=1S/C18H29N/c1-3-19-18(17-13-9-10-15(2)14-17)16-11-7-5-4-6-8-12-16/h9-10,13-14,16,18-19H,3-8,11-12H2,1-2H3. The van der Waals surface area contributed by atoms with Gasteiger partial charge in [0.25, 0.3) is 0 Å². The van der Waals surface area contributed by atoms with Gasteiger partial charge in [0.2, 0.25) is 0 Å². The lowest BCUT2D eigenvalue weighted by Gasteiger charge is -2.30. The van der Waals surface area contributed by atoms with Crippen molar-refractivity contribution in [2.75, 3.05) is 6.54 Å². The van der Waals surface area contributed by atoms with Crippen molar-refractivity contribution >= 4 is 0 Å². The van der Waals surface area contributed by atoms with Crippen molar-refractivity contribution in [1.82, 2.24) is 5.32 Å². The first-order valence-corrected chi connectivity index (χ1v) is 8.11. The second kappa shape index (κ2) is 7.69. The minimum Gasteiger partial charge on any atom is -0.310 e. The maximum Gasteiger partial charge on any atom is 0.0348 e. The van der Waals surface area contributed by atoms with E-state index in [2.05, 4.69) is 43.4 Å². The van der Waals surface area contributed by atoms with Gasteiger partial charge in [-0.2, -0.15) is 0 Å². The Morgan fingerprint density at radius 2 is 1.79 bits per heavy atom. The fraction of sp³-hybridized carbons (Fsp3) is 0.667. The largest absolute Gasteiger partial charge is 0.310 e. The Labute approximate surface area is 118 Å². The summed E-state index contributed by atoms with van der Waals surface area (Å²) in [6.07, 6.45) is 9.93. The van der Waals surface area contributed by atoms with Crippen LogP contribution in [0.4, 0.5) is 0 Å². The van der Waals surface area contributed by atoms with Gasteiger partial charge in [0.05, 0.1) is 0 Å². The number of hydrogen-bond donors (Lipinski definition) is 1. The lowest BCUT2D eigenvalue weighted by molar-refractivity contribution is 0.291. The summed E-state index contributed by atoms with van der Waals surface area (Å²) < 4.78 is 0. The van der Waals surface area contributed by atoms with E-state index in [1.807, 2.05) is 0 Å². The van der Waals surface area contributed by atoms with Gasteiger partial charge in [-0.15, -0.1) is 0 Å². The van der Waals surface area contributed by atoms with Gasteiger partial charge >= 0.3 is 0 Å². The zero-order chi connectivity index (χ0) is 13.5. The van der Waals surface area contributed by atoms with Crippen molar-refractivity contribution in [3.05, 3.63) is 35.4 Å². The van der Waals surface area contributed by atoms with Crippen LogP contribution in [0.1, 0.15) is 69.0 Å². The molecule has 0 aliphatic heterocycles. The maximum absolute atomic E-state index is 3.74. The fourth-order valence-electron chi connectivity index (χ4n) is 3.46. The Bertz CT molecular complexity index is 364. The van der Waals surface area contributed by atoms with Gasteiger partial charge in [-0.25, -0.2) is 0 Å². The van der Waals surface area contributed by atoms with E-state index >= 15 is 0 Å². The third kappa shape index (κ3) is 4.35. The van der Waals surface area contributed by atoms with Gasteiger partial charge in [-0.1, -0.05) is 68.9 Å². The molecule has 1 aliphatic carbocycles. The smallest absolute Gasteiger partial charge is 0.0348 e. The van der Waals surface area contributed by atoms with E-state index in [4.69, 9.17) is 0 Å². The van der Waals surface area contributed by atoms with Crippen molar-refractivity contribution in [3.63, 3.8) is 0 Å². The summed E-state index contributed by atoms with van der Waals surface area (Å²) in [5.41, 5.74) is 2.87. The SMILES string of the molecule is CCNC(c1cccc(C)c1)C1CCCCCCC1. The van der Waals surface area contributed by atoms with E-state index in [1.54, 1.807) is 0 Å². The second-order valence-corrected chi connectivity index (χ2v) is 6.05. The van der Waals surface area contributed by atoms with Crippen LogP contribution >= 0.6 is 0 Å². The van der Waals surface area contributed by atoms with Gasteiger partial charge in [0.1, 0.15) is 0 Å². The number of aryl methyl sites for hydroxylation is 1. The van der Waals surface area contributed by atoms with Gasteiger partial charge in [-0.3, -0.25) is 0 Å². The molecule has 1 heteroatoms. The number of hydrogen-bond acceptors (Lipinski definition) is 1. The first kappa shape index (κ1) is 14.6. The van der Waals surface area contributed by atoms with Crippen LogP contribution in [-0.4, -0.2) is 6.54 Å². The molecule has 0 amide bonds. The van der Waals surface area contributed by atoms with Gasteiger partial charge in [-0.05, 0) is 37.8 Å². The molecule has 0 saturated heterocycles. The Kier molecular flexibility index (Phi) is 5.91. The van der Waals surface area contributed by atoms with Crippen LogP contribution in [0.15, 0.2) is 24.3 Å². The summed E-state index contributed by atoms with van der Waals surface area (Å²) in [5, 5.41) is 3.74. The normalized spacial score (nSPS) is 19.7. The van der Waals surface area contributed by atoms with Crippen LogP contribution in [0.25, 0.3) is 0 Å². The molecule has 1 saturated carbocycles. The summed E-state index contributed by atoms with van der Waals surface area (Å²) in [4.78, 5) is 0. The molecule has 0 spiro atoms. The van der Waals surface area contributed by atoms with Crippen molar-refractivity contribution < 1.29 is 0 Å². The maximum atomic E-state index is 3.74. The monoisotopic (exact) mass is 259 g/mol. The van der Waals surface area contributed by atoms with Crippen molar-refractivity contribution in [2.45, 2.75) is 64.8 Å². The van der Waals surface area contributed by atoms with E-state index in [0.29, 0.717) is 6.04 Å². The number of rotatable bonds is 4. The van der Waals surface area contributed by atoms with Crippen LogP contribution in [0, 0.1) is 12.8 Å². The van der Waals surface area contributed by atoms with E-state index in [0.717, 1.165) is 12.5 Å². The van der Waals surface area contributed by atoms with E-state index < -0.39 is 0 Å². The lowest BCUT2D eigenvalue weighted by Crippen LogP contribution is -2.29. The Morgan fingerprint density at radius 3 is 2.42 bits per heavy atom. The summed E-state index contributed by atoms with van der Waals surface area (Å²) in [6, 6.07) is 9.64. The molecular weight excluding hydrogens is 230 g/mol. The van der Waals surface area contributed by atoms with Crippen molar-refractivity contribution in [1.29, 1.82) is 0 Å². The van der Waals surface area contributed by atoms with Gasteiger partial charge in [0, 0.05) is 6.04 Å². The molecule has 0 aromatic heterocycles.